The van der Waals surface area contributed by atoms with Crippen molar-refractivity contribution in [1.82, 2.24) is 15.1 Å². The molecule has 0 radical (unpaired) electrons. The lowest BCUT2D eigenvalue weighted by Crippen LogP contribution is -2.63. The highest BCUT2D eigenvalue weighted by molar-refractivity contribution is 5.47. The second-order valence-corrected chi connectivity index (χ2v) is 6.30. The summed E-state index contributed by atoms with van der Waals surface area (Å²) in [6.07, 6.45) is 0. The van der Waals surface area contributed by atoms with Gasteiger partial charge in [-0.25, -0.2) is 0 Å². The van der Waals surface area contributed by atoms with Crippen LogP contribution in [0.3, 0.4) is 0 Å². The van der Waals surface area contributed by atoms with Crippen LogP contribution in [0.25, 0.3) is 0 Å². The minimum Gasteiger partial charge on any atom is -0.496 e. The van der Waals surface area contributed by atoms with Crippen molar-refractivity contribution in [3.63, 3.8) is 0 Å². The fraction of sp³-hybridized carbons (Fsp3) is 0.647. The fourth-order valence-corrected chi connectivity index (χ4v) is 3.86. The van der Waals surface area contributed by atoms with Gasteiger partial charge in [-0.05, 0) is 32.0 Å². The maximum absolute atomic E-state index is 5.74. The summed E-state index contributed by atoms with van der Waals surface area (Å²) in [7, 11) is 3.85. The van der Waals surface area contributed by atoms with Crippen molar-refractivity contribution in [2.45, 2.75) is 25.9 Å². The Hall–Kier alpha value is -1.10. The van der Waals surface area contributed by atoms with Crippen LogP contribution >= 0.6 is 0 Å². The Morgan fingerprint density at radius 1 is 1.19 bits per heavy atom. The predicted octanol–water partition coefficient (Wildman–Crippen LogP) is 1.57. The molecule has 0 saturated carbocycles. The summed E-state index contributed by atoms with van der Waals surface area (Å²) in [5.74, 6) is 1.05. The fourth-order valence-electron chi connectivity index (χ4n) is 3.86. The minimum absolute atomic E-state index is 0.322. The van der Waals surface area contributed by atoms with Gasteiger partial charge in [0.25, 0.3) is 0 Å². The third-order valence-corrected chi connectivity index (χ3v) is 5.26. The smallest absolute Gasteiger partial charge is 0.126 e. The lowest BCUT2D eigenvalue weighted by atomic mass is 9.91. The van der Waals surface area contributed by atoms with E-state index in [1.165, 1.54) is 42.9 Å². The second kappa shape index (κ2) is 5.95. The molecule has 4 nitrogen and oxygen atoms in total. The Labute approximate surface area is 128 Å². The number of hydrogen-bond donors (Lipinski definition) is 1. The number of rotatable bonds is 4. The summed E-state index contributed by atoms with van der Waals surface area (Å²) < 4.78 is 5.74. The Kier molecular flexibility index (Phi) is 4.20. The van der Waals surface area contributed by atoms with Crippen LogP contribution in [0.4, 0.5) is 0 Å². The number of fused-ring (bicyclic) bond motifs is 3. The van der Waals surface area contributed by atoms with Crippen LogP contribution in [0.1, 0.15) is 22.7 Å². The average Bonchev–Trinajstić information content (AvgIpc) is 2.53. The number of hydrogen-bond acceptors (Lipinski definition) is 4. The van der Waals surface area contributed by atoms with E-state index in [0.717, 1.165) is 12.3 Å². The SMILES string of the molecule is CNC(c1ccc(C)c(C)c1OC)C1CN2CCN1CC2. The van der Waals surface area contributed by atoms with Gasteiger partial charge in [-0.2, -0.15) is 0 Å². The van der Waals surface area contributed by atoms with Gasteiger partial charge in [-0.3, -0.25) is 9.80 Å². The summed E-state index contributed by atoms with van der Waals surface area (Å²) in [4.78, 5) is 5.22. The van der Waals surface area contributed by atoms with Crippen LogP contribution in [0, 0.1) is 13.8 Å². The van der Waals surface area contributed by atoms with Crippen LogP contribution in [0.15, 0.2) is 12.1 Å². The summed E-state index contributed by atoms with van der Waals surface area (Å²) in [5.41, 5.74) is 3.84. The van der Waals surface area contributed by atoms with Gasteiger partial charge in [0.1, 0.15) is 5.75 Å². The Balaban J connectivity index is 1.95. The van der Waals surface area contributed by atoms with Gasteiger partial charge < -0.3 is 10.1 Å². The number of aryl methyl sites for hydroxylation is 1. The molecule has 2 unspecified atom stereocenters. The molecule has 4 heteroatoms. The second-order valence-electron chi connectivity index (χ2n) is 6.30. The quantitative estimate of drug-likeness (QED) is 0.911. The molecule has 3 heterocycles. The van der Waals surface area contributed by atoms with Crippen LogP contribution in [-0.4, -0.2) is 62.7 Å². The minimum atomic E-state index is 0.322. The van der Waals surface area contributed by atoms with Crippen LogP contribution < -0.4 is 10.1 Å². The van der Waals surface area contributed by atoms with Gasteiger partial charge in [0.05, 0.1) is 13.2 Å². The molecule has 0 aromatic heterocycles. The highest BCUT2D eigenvalue weighted by atomic mass is 16.5. The largest absolute Gasteiger partial charge is 0.496 e. The van der Waals surface area contributed by atoms with Gasteiger partial charge in [-0.15, -0.1) is 0 Å². The molecule has 0 amide bonds. The van der Waals surface area contributed by atoms with E-state index in [1.807, 2.05) is 0 Å². The molecule has 4 rings (SSSR count). The molecule has 3 aliphatic heterocycles. The topological polar surface area (TPSA) is 27.7 Å². The molecule has 0 aliphatic carbocycles. The first-order valence-electron chi connectivity index (χ1n) is 7.93. The highest BCUT2D eigenvalue weighted by Gasteiger charge is 2.37. The van der Waals surface area contributed by atoms with Gasteiger partial charge in [0.2, 0.25) is 0 Å². The Morgan fingerprint density at radius 2 is 1.90 bits per heavy atom. The lowest BCUT2D eigenvalue weighted by Gasteiger charge is -2.50. The molecule has 116 valence electrons. The van der Waals surface area contributed by atoms with Gasteiger partial charge >= 0.3 is 0 Å². The van der Waals surface area contributed by atoms with Crippen molar-refractivity contribution < 1.29 is 4.74 Å². The summed E-state index contributed by atoms with van der Waals surface area (Å²) >= 11 is 0. The number of piperazine rings is 3. The van der Waals surface area contributed by atoms with Gasteiger partial charge in [0, 0.05) is 44.3 Å². The van der Waals surface area contributed by atoms with Crippen molar-refractivity contribution in [3.8, 4) is 5.75 Å². The summed E-state index contributed by atoms with van der Waals surface area (Å²) in [6, 6.07) is 5.31. The molecule has 3 saturated heterocycles. The highest BCUT2D eigenvalue weighted by Crippen LogP contribution is 2.35. The molecular weight excluding hydrogens is 262 g/mol. The molecule has 1 aromatic carbocycles. The molecule has 0 spiro atoms. The Bertz CT molecular complexity index is 509. The van der Waals surface area contributed by atoms with Crippen molar-refractivity contribution >= 4 is 0 Å². The molecule has 3 fully saturated rings. The number of benzene rings is 1. The number of nitrogens with one attached hydrogen (secondary N) is 1. The van der Waals surface area contributed by atoms with Gasteiger partial charge in [-0.1, -0.05) is 12.1 Å². The zero-order valence-corrected chi connectivity index (χ0v) is 13.6. The van der Waals surface area contributed by atoms with E-state index in [9.17, 15) is 0 Å². The zero-order chi connectivity index (χ0) is 15.0. The molecule has 2 atom stereocenters. The first kappa shape index (κ1) is 14.8. The molecule has 1 aromatic rings. The Morgan fingerprint density at radius 3 is 2.43 bits per heavy atom. The first-order chi connectivity index (χ1) is 10.2. The van der Waals surface area contributed by atoms with Crippen LogP contribution in [0.5, 0.6) is 5.75 Å². The van der Waals surface area contributed by atoms with Crippen molar-refractivity contribution in [2.75, 3.05) is 46.9 Å². The third kappa shape index (κ3) is 2.56. The van der Waals surface area contributed by atoms with E-state index in [1.54, 1.807) is 7.11 Å². The monoisotopic (exact) mass is 289 g/mol. The molecule has 1 N–H and O–H groups in total. The van der Waals surface area contributed by atoms with E-state index >= 15 is 0 Å². The number of ether oxygens (including phenoxy) is 1. The van der Waals surface area contributed by atoms with E-state index in [4.69, 9.17) is 4.74 Å². The zero-order valence-electron chi connectivity index (χ0n) is 13.6. The van der Waals surface area contributed by atoms with Crippen LogP contribution in [0.2, 0.25) is 0 Å². The maximum Gasteiger partial charge on any atom is 0.126 e. The van der Waals surface area contributed by atoms with E-state index in [-0.39, 0.29) is 0 Å². The van der Waals surface area contributed by atoms with Crippen molar-refractivity contribution in [3.05, 3.63) is 28.8 Å². The maximum atomic E-state index is 5.74. The van der Waals surface area contributed by atoms with E-state index in [0.29, 0.717) is 12.1 Å². The molecule has 2 bridgehead atoms. The van der Waals surface area contributed by atoms with Crippen LogP contribution in [-0.2, 0) is 0 Å². The van der Waals surface area contributed by atoms with Crippen molar-refractivity contribution in [2.24, 2.45) is 0 Å². The number of nitrogens with zero attached hydrogens (tertiary/aromatic N) is 2. The average molecular weight is 289 g/mol. The molecule has 3 aliphatic rings. The summed E-state index contributed by atoms with van der Waals surface area (Å²) in [6.45, 7) is 10.3. The standard InChI is InChI=1S/C17H27N3O/c1-12-5-6-14(17(21-4)13(12)2)16(18-3)15-11-19-7-9-20(15)10-8-19/h5-6,15-16,18H,7-11H2,1-4H3. The predicted molar refractivity (Wildman–Crippen MR) is 86.1 cm³/mol. The van der Waals surface area contributed by atoms with Gasteiger partial charge in [0.15, 0.2) is 0 Å². The lowest BCUT2D eigenvalue weighted by molar-refractivity contribution is -0.00286. The number of likely N-dealkylation sites (N-methyl/N-ethyl adjacent to an activating group) is 1. The van der Waals surface area contributed by atoms with E-state index < -0.39 is 0 Å². The normalized spacial score (nSPS) is 29.4. The molecular formula is C17H27N3O. The molecule has 21 heavy (non-hydrogen) atoms. The number of methoxy groups -OCH3 is 1. The first-order valence-corrected chi connectivity index (χ1v) is 7.93. The van der Waals surface area contributed by atoms with Crippen molar-refractivity contribution in [1.29, 1.82) is 0 Å². The third-order valence-electron chi connectivity index (χ3n) is 5.26. The van der Waals surface area contributed by atoms with E-state index in [2.05, 4.69) is 48.1 Å². The summed E-state index contributed by atoms with van der Waals surface area (Å²) in [5, 5.41) is 3.55.